The Balaban J connectivity index is 2.00. The normalized spacial score (nSPS) is 10.6. The Morgan fingerprint density at radius 1 is 1.10 bits per heavy atom. The summed E-state index contributed by atoms with van der Waals surface area (Å²) in [6, 6.07) is 9.63. The molecule has 2 N–H and O–H groups in total. The molecule has 0 bridgehead atoms. The second-order valence-corrected chi connectivity index (χ2v) is 6.22. The lowest BCUT2D eigenvalue weighted by atomic mass is 10.1. The van der Waals surface area contributed by atoms with Gasteiger partial charge in [-0.15, -0.1) is 0 Å². The first-order valence-corrected chi connectivity index (χ1v) is 7.72. The van der Waals surface area contributed by atoms with E-state index < -0.39 is 5.97 Å². The van der Waals surface area contributed by atoms with Gasteiger partial charge in [0.1, 0.15) is 5.82 Å². The summed E-state index contributed by atoms with van der Waals surface area (Å²) >= 11 is 6.65. The molecule has 0 aliphatic heterocycles. The molecular weight excluding hydrogens is 405 g/mol. The number of carboxylic acid groups (broad SMARTS) is 1. The Bertz CT molecular complexity index is 677. The monoisotopic (exact) mass is 415 g/mol. The highest BCUT2D eigenvalue weighted by atomic mass is 79.9. The zero-order valence-electron chi connectivity index (χ0n) is 10.9. The van der Waals surface area contributed by atoms with Crippen LogP contribution in [0.15, 0.2) is 45.3 Å². The van der Waals surface area contributed by atoms with Gasteiger partial charge in [-0.05, 0) is 35.9 Å². The summed E-state index contributed by atoms with van der Waals surface area (Å²) in [6.45, 7) is 0.894. The predicted molar refractivity (Wildman–Crippen MR) is 85.7 cm³/mol. The third-order valence-electron chi connectivity index (χ3n) is 2.94. The van der Waals surface area contributed by atoms with Crippen LogP contribution in [0.3, 0.4) is 0 Å². The van der Waals surface area contributed by atoms with E-state index >= 15 is 0 Å². The number of hydrogen-bond donors (Lipinski definition) is 2. The number of aromatic carboxylic acids is 1. The minimum absolute atomic E-state index is 0.226. The van der Waals surface area contributed by atoms with Crippen LogP contribution in [0.5, 0.6) is 0 Å². The maximum Gasteiger partial charge on any atom is 0.335 e. The van der Waals surface area contributed by atoms with E-state index in [-0.39, 0.29) is 11.4 Å². The first kappa shape index (κ1) is 16.1. The molecule has 0 amide bonds. The molecule has 21 heavy (non-hydrogen) atoms. The molecule has 0 saturated heterocycles. The second-order valence-electron chi connectivity index (χ2n) is 4.45. The minimum atomic E-state index is -0.966. The third-order valence-corrected chi connectivity index (χ3v) is 4.17. The molecule has 0 atom stereocenters. The van der Waals surface area contributed by atoms with Crippen molar-refractivity contribution in [2.45, 2.75) is 13.1 Å². The van der Waals surface area contributed by atoms with Crippen molar-refractivity contribution >= 4 is 37.8 Å². The number of nitrogens with one attached hydrogen (secondary N) is 1. The van der Waals surface area contributed by atoms with Crippen LogP contribution in [-0.4, -0.2) is 11.1 Å². The molecule has 2 aromatic rings. The molecule has 0 fully saturated rings. The smallest absolute Gasteiger partial charge is 0.335 e. The first-order valence-electron chi connectivity index (χ1n) is 6.13. The fourth-order valence-corrected chi connectivity index (χ4v) is 2.76. The summed E-state index contributed by atoms with van der Waals surface area (Å²) in [4.78, 5) is 10.9. The van der Waals surface area contributed by atoms with Gasteiger partial charge < -0.3 is 10.4 Å². The van der Waals surface area contributed by atoms with Gasteiger partial charge in [0.05, 0.1) is 5.56 Å². The zero-order chi connectivity index (χ0) is 15.4. The Hall–Kier alpha value is -1.24. The molecule has 0 spiro atoms. The number of rotatable bonds is 5. The molecule has 110 valence electrons. The lowest BCUT2D eigenvalue weighted by molar-refractivity contribution is 0.0697. The molecule has 0 unspecified atom stereocenters. The van der Waals surface area contributed by atoms with Gasteiger partial charge in [0.15, 0.2) is 0 Å². The first-order chi connectivity index (χ1) is 9.97. The highest BCUT2D eigenvalue weighted by molar-refractivity contribution is 9.10. The molecule has 0 radical (unpaired) electrons. The average molecular weight is 417 g/mol. The van der Waals surface area contributed by atoms with Gasteiger partial charge in [-0.25, -0.2) is 9.18 Å². The van der Waals surface area contributed by atoms with E-state index in [0.717, 1.165) is 10.0 Å². The van der Waals surface area contributed by atoms with Crippen LogP contribution in [0.4, 0.5) is 4.39 Å². The van der Waals surface area contributed by atoms with Crippen molar-refractivity contribution in [3.63, 3.8) is 0 Å². The summed E-state index contributed by atoms with van der Waals surface area (Å²) in [5.74, 6) is -1.22. The number of carbonyl (C=O) groups is 1. The number of hydrogen-bond acceptors (Lipinski definition) is 2. The van der Waals surface area contributed by atoms with Crippen LogP contribution in [0.2, 0.25) is 0 Å². The van der Waals surface area contributed by atoms with Crippen LogP contribution >= 0.6 is 31.9 Å². The van der Waals surface area contributed by atoms with E-state index in [0.29, 0.717) is 23.1 Å². The standard InChI is InChI=1S/C15H12Br2FNO2/c16-12-3-4-14(18)11(5-12)8-19-7-10-2-1-9(15(20)21)6-13(10)17/h1-6,19H,7-8H2,(H,20,21). The molecule has 0 aliphatic carbocycles. The largest absolute Gasteiger partial charge is 0.478 e. The molecule has 0 heterocycles. The fourth-order valence-electron chi connectivity index (χ4n) is 1.83. The summed E-state index contributed by atoms with van der Waals surface area (Å²) in [5, 5.41) is 12.0. The highest BCUT2D eigenvalue weighted by Gasteiger charge is 2.07. The SMILES string of the molecule is O=C(O)c1ccc(CNCc2cc(Br)ccc2F)c(Br)c1. The Labute approximate surface area is 138 Å². The summed E-state index contributed by atoms with van der Waals surface area (Å²) in [5.41, 5.74) is 1.71. The van der Waals surface area contributed by atoms with Crippen LogP contribution in [-0.2, 0) is 13.1 Å². The van der Waals surface area contributed by atoms with Crippen LogP contribution < -0.4 is 5.32 Å². The molecule has 0 aliphatic rings. The van der Waals surface area contributed by atoms with E-state index in [1.807, 2.05) is 0 Å². The summed E-state index contributed by atoms with van der Waals surface area (Å²) in [7, 11) is 0. The molecular formula is C15H12Br2FNO2. The second kappa shape index (κ2) is 7.15. The summed E-state index contributed by atoms with van der Waals surface area (Å²) < 4.78 is 15.1. The Kier molecular flexibility index (Phi) is 5.50. The lowest BCUT2D eigenvalue weighted by Gasteiger charge is -2.09. The topological polar surface area (TPSA) is 49.3 Å². The van der Waals surface area contributed by atoms with Crippen LogP contribution in [0.25, 0.3) is 0 Å². The predicted octanol–water partition coefficient (Wildman–Crippen LogP) is 4.34. The van der Waals surface area contributed by atoms with Crippen molar-refractivity contribution < 1.29 is 14.3 Å². The van der Waals surface area contributed by atoms with E-state index in [1.54, 1.807) is 30.3 Å². The maximum atomic E-state index is 13.6. The summed E-state index contributed by atoms with van der Waals surface area (Å²) in [6.07, 6.45) is 0. The van der Waals surface area contributed by atoms with E-state index in [9.17, 15) is 9.18 Å². The lowest BCUT2D eigenvalue weighted by Crippen LogP contribution is -2.14. The van der Waals surface area contributed by atoms with E-state index in [4.69, 9.17) is 5.11 Å². The molecule has 2 rings (SSSR count). The van der Waals surface area contributed by atoms with Crippen molar-refractivity contribution in [2.24, 2.45) is 0 Å². The van der Waals surface area contributed by atoms with Crippen molar-refractivity contribution in [1.82, 2.24) is 5.32 Å². The fraction of sp³-hybridized carbons (Fsp3) is 0.133. The quantitative estimate of drug-likeness (QED) is 0.762. The molecule has 0 aromatic heterocycles. The molecule has 3 nitrogen and oxygen atoms in total. The average Bonchev–Trinajstić information content (AvgIpc) is 2.44. The van der Waals surface area contributed by atoms with Gasteiger partial charge >= 0.3 is 5.97 Å². The van der Waals surface area contributed by atoms with Crippen molar-refractivity contribution in [3.8, 4) is 0 Å². The zero-order valence-corrected chi connectivity index (χ0v) is 14.0. The van der Waals surface area contributed by atoms with E-state index in [1.165, 1.54) is 6.07 Å². The minimum Gasteiger partial charge on any atom is -0.478 e. The number of halogens is 3. The molecule has 2 aromatic carbocycles. The molecule has 0 saturated carbocycles. The van der Waals surface area contributed by atoms with Gasteiger partial charge in [-0.2, -0.15) is 0 Å². The highest BCUT2D eigenvalue weighted by Crippen LogP contribution is 2.19. The maximum absolute atomic E-state index is 13.6. The van der Waals surface area contributed by atoms with Gasteiger partial charge in [-0.3, -0.25) is 0 Å². The number of carboxylic acids is 1. The Morgan fingerprint density at radius 3 is 2.48 bits per heavy atom. The van der Waals surface area contributed by atoms with E-state index in [2.05, 4.69) is 37.2 Å². The van der Waals surface area contributed by atoms with Gasteiger partial charge in [0, 0.05) is 27.6 Å². The van der Waals surface area contributed by atoms with Gasteiger partial charge in [0.2, 0.25) is 0 Å². The van der Waals surface area contributed by atoms with Crippen LogP contribution in [0, 0.1) is 5.82 Å². The van der Waals surface area contributed by atoms with Crippen molar-refractivity contribution in [3.05, 3.63) is 67.9 Å². The third kappa shape index (κ3) is 4.36. The Morgan fingerprint density at radius 2 is 1.81 bits per heavy atom. The van der Waals surface area contributed by atoms with Crippen molar-refractivity contribution in [2.75, 3.05) is 0 Å². The van der Waals surface area contributed by atoms with Crippen molar-refractivity contribution in [1.29, 1.82) is 0 Å². The number of benzene rings is 2. The van der Waals surface area contributed by atoms with Gasteiger partial charge in [-0.1, -0.05) is 37.9 Å². The van der Waals surface area contributed by atoms with Gasteiger partial charge in [0.25, 0.3) is 0 Å². The molecule has 6 heteroatoms. The van der Waals surface area contributed by atoms with Crippen LogP contribution in [0.1, 0.15) is 21.5 Å².